The number of carbonyl (C=O) groups excluding carboxylic acids is 1. The van der Waals surface area contributed by atoms with E-state index >= 15 is 0 Å². The number of amides is 1. The Hall–Kier alpha value is -0.570. The van der Waals surface area contributed by atoms with Crippen LogP contribution in [-0.4, -0.2) is 25.2 Å². The van der Waals surface area contributed by atoms with Crippen molar-refractivity contribution in [3.8, 4) is 0 Å². The summed E-state index contributed by atoms with van der Waals surface area (Å²) in [5.41, 5.74) is 0.243. The van der Waals surface area contributed by atoms with Gasteiger partial charge in [-0.1, -0.05) is 6.92 Å². The number of methoxy groups -OCH3 is 1. The van der Waals surface area contributed by atoms with Crippen LogP contribution >= 0.6 is 0 Å². The first-order valence-corrected chi connectivity index (χ1v) is 5.02. The second kappa shape index (κ2) is 2.98. The van der Waals surface area contributed by atoms with E-state index in [1.807, 2.05) is 0 Å². The smallest absolute Gasteiger partial charge is 0.220 e. The highest BCUT2D eigenvalue weighted by atomic mass is 16.5. The maximum absolute atomic E-state index is 11.3. The molecular weight excluding hydrogens is 166 g/mol. The zero-order valence-corrected chi connectivity index (χ0v) is 8.30. The molecule has 0 aromatic rings. The Labute approximate surface area is 78.8 Å². The van der Waals surface area contributed by atoms with Crippen molar-refractivity contribution in [1.82, 2.24) is 5.32 Å². The van der Waals surface area contributed by atoms with E-state index in [1.54, 1.807) is 7.11 Å². The molecule has 1 unspecified atom stereocenters. The standard InChI is InChI=1S/C10H17NO2/c1-3-8-10(6-9(12)11-8)4-7(5-10)13-2/h7-8H,3-6H2,1-2H3,(H,11,12). The molecular formula is C10H17NO2. The van der Waals surface area contributed by atoms with Crippen molar-refractivity contribution in [3.63, 3.8) is 0 Å². The molecule has 1 atom stereocenters. The van der Waals surface area contributed by atoms with E-state index in [-0.39, 0.29) is 11.3 Å². The molecule has 2 aliphatic rings. The maximum atomic E-state index is 11.3. The predicted octanol–water partition coefficient (Wildman–Crippen LogP) is 1.08. The number of carbonyl (C=O) groups is 1. The average Bonchev–Trinajstić information content (AvgIpc) is 2.39. The van der Waals surface area contributed by atoms with Crippen molar-refractivity contribution in [3.05, 3.63) is 0 Å². The van der Waals surface area contributed by atoms with Gasteiger partial charge < -0.3 is 10.1 Å². The molecule has 1 aliphatic heterocycles. The van der Waals surface area contributed by atoms with Gasteiger partial charge in [-0.25, -0.2) is 0 Å². The highest BCUT2D eigenvalue weighted by Crippen LogP contribution is 2.51. The van der Waals surface area contributed by atoms with E-state index in [2.05, 4.69) is 12.2 Å². The molecule has 1 aliphatic carbocycles. The third kappa shape index (κ3) is 1.26. The predicted molar refractivity (Wildman–Crippen MR) is 49.3 cm³/mol. The summed E-state index contributed by atoms with van der Waals surface area (Å²) >= 11 is 0. The van der Waals surface area contributed by atoms with Gasteiger partial charge in [0.1, 0.15) is 0 Å². The topological polar surface area (TPSA) is 38.3 Å². The zero-order valence-electron chi connectivity index (χ0n) is 8.30. The molecule has 1 heterocycles. The summed E-state index contributed by atoms with van der Waals surface area (Å²) in [6.45, 7) is 2.14. The minimum atomic E-state index is 0.224. The summed E-state index contributed by atoms with van der Waals surface area (Å²) in [5.74, 6) is 0.224. The summed E-state index contributed by atoms with van der Waals surface area (Å²) in [6.07, 6.45) is 4.26. The number of rotatable bonds is 2. The normalized spacial score (nSPS) is 43.4. The van der Waals surface area contributed by atoms with Crippen LogP contribution in [0, 0.1) is 5.41 Å². The fourth-order valence-corrected chi connectivity index (χ4v) is 2.82. The molecule has 13 heavy (non-hydrogen) atoms. The lowest BCUT2D eigenvalue weighted by Gasteiger charge is -2.47. The fraction of sp³-hybridized carbons (Fsp3) is 0.900. The van der Waals surface area contributed by atoms with Crippen LogP contribution in [0.3, 0.4) is 0 Å². The first-order chi connectivity index (χ1) is 6.20. The van der Waals surface area contributed by atoms with Crippen LogP contribution in [0.2, 0.25) is 0 Å². The van der Waals surface area contributed by atoms with Crippen molar-refractivity contribution in [2.24, 2.45) is 5.41 Å². The molecule has 0 radical (unpaired) electrons. The Balaban J connectivity index is 2.03. The summed E-state index contributed by atoms with van der Waals surface area (Å²) in [5, 5.41) is 3.05. The first-order valence-electron chi connectivity index (χ1n) is 5.02. The second-order valence-corrected chi connectivity index (χ2v) is 4.33. The number of nitrogens with one attached hydrogen (secondary N) is 1. The van der Waals surface area contributed by atoms with Crippen LogP contribution < -0.4 is 5.32 Å². The zero-order chi connectivity index (χ0) is 9.47. The van der Waals surface area contributed by atoms with Gasteiger partial charge in [-0.2, -0.15) is 0 Å². The molecule has 1 amide bonds. The third-order valence-electron chi connectivity index (χ3n) is 3.60. The van der Waals surface area contributed by atoms with E-state index in [0.29, 0.717) is 18.6 Å². The molecule has 0 aromatic heterocycles. The number of hydrogen-bond donors (Lipinski definition) is 1. The van der Waals surface area contributed by atoms with Gasteiger partial charge in [-0.3, -0.25) is 4.79 Å². The summed E-state index contributed by atoms with van der Waals surface area (Å²) in [6, 6.07) is 0.395. The van der Waals surface area contributed by atoms with Crippen LogP contribution in [0.5, 0.6) is 0 Å². The molecule has 0 aromatic carbocycles. The summed E-state index contributed by atoms with van der Waals surface area (Å²) < 4.78 is 5.26. The van der Waals surface area contributed by atoms with Gasteiger partial charge in [0.25, 0.3) is 0 Å². The second-order valence-electron chi connectivity index (χ2n) is 4.33. The Morgan fingerprint density at radius 2 is 2.31 bits per heavy atom. The van der Waals surface area contributed by atoms with Gasteiger partial charge in [0.05, 0.1) is 6.10 Å². The first kappa shape index (κ1) is 9.00. The van der Waals surface area contributed by atoms with Gasteiger partial charge >= 0.3 is 0 Å². The van der Waals surface area contributed by atoms with Crippen molar-refractivity contribution in [2.45, 2.75) is 44.8 Å². The van der Waals surface area contributed by atoms with Crippen LogP contribution in [-0.2, 0) is 9.53 Å². The lowest BCUT2D eigenvalue weighted by molar-refractivity contribution is -0.121. The molecule has 1 saturated carbocycles. The van der Waals surface area contributed by atoms with Gasteiger partial charge in [0.15, 0.2) is 0 Å². The molecule has 0 bridgehead atoms. The van der Waals surface area contributed by atoms with E-state index in [1.165, 1.54) is 0 Å². The van der Waals surface area contributed by atoms with E-state index in [4.69, 9.17) is 4.74 Å². The quantitative estimate of drug-likeness (QED) is 0.695. The van der Waals surface area contributed by atoms with Crippen molar-refractivity contribution < 1.29 is 9.53 Å². The lowest BCUT2D eigenvalue weighted by Crippen LogP contribution is -2.49. The summed E-state index contributed by atoms with van der Waals surface area (Å²) in [7, 11) is 1.75. The average molecular weight is 183 g/mol. The van der Waals surface area contributed by atoms with Crippen LogP contribution in [0.15, 0.2) is 0 Å². The lowest BCUT2D eigenvalue weighted by atomic mass is 9.61. The van der Waals surface area contributed by atoms with Crippen LogP contribution in [0.25, 0.3) is 0 Å². The molecule has 3 heteroatoms. The third-order valence-corrected chi connectivity index (χ3v) is 3.60. The van der Waals surface area contributed by atoms with E-state index in [9.17, 15) is 4.79 Å². The van der Waals surface area contributed by atoms with E-state index in [0.717, 1.165) is 19.3 Å². The number of hydrogen-bond acceptors (Lipinski definition) is 2. The number of ether oxygens (including phenoxy) is 1. The SMILES string of the molecule is CCC1NC(=O)CC12CC(OC)C2. The monoisotopic (exact) mass is 183 g/mol. The molecule has 3 nitrogen and oxygen atoms in total. The largest absolute Gasteiger partial charge is 0.381 e. The van der Waals surface area contributed by atoms with Crippen LogP contribution in [0.4, 0.5) is 0 Å². The van der Waals surface area contributed by atoms with Gasteiger partial charge in [-0.15, -0.1) is 0 Å². The highest BCUT2D eigenvalue weighted by Gasteiger charge is 2.54. The summed E-state index contributed by atoms with van der Waals surface area (Å²) in [4.78, 5) is 11.3. The molecule has 2 rings (SSSR count). The molecule has 74 valence electrons. The Bertz CT molecular complexity index is 221. The van der Waals surface area contributed by atoms with Crippen molar-refractivity contribution in [1.29, 1.82) is 0 Å². The molecule has 1 saturated heterocycles. The highest BCUT2D eigenvalue weighted by molar-refractivity contribution is 5.80. The maximum Gasteiger partial charge on any atom is 0.220 e. The van der Waals surface area contributed by atoms with Gasteiger partial charge in [-0.05, 0) is 19.3 Å². The minimum absolute atomic E-state index is 0.224. The Morgan fingerprint density at radius 1 is 1.62 bits per heavy atom. The Morgan fingerprint density at radius 3 is 2.85 bits per heavy atom. The van der Waals surface area contributed by atoms with E-state index < -0.39 is 0 Å². The minimum Gasteiger partial charge on any atom is -0.381 e. The van der Waals surface area contributed by atoms with Crippen molar-refractivity contribution >= 4 is 5.91 Å². The van der Waals surface area contributed by atoms with Gasteiger partial charge in [0.2, 0.25) is 5.91 Å². The van der Waals surface area contributed by atoms with Gasteiger partial charge in [0, 0.05) is 25.0 Å². The molecule has 1 spiro atoms. The molecule has 2 fully saturated rings. The van der Waals surface area contributed by atoms with Crippen molar-refractivity contribution in [2.75, 3.05) is 7.11 Å². The molecule has 1 N–H and O–H groups in total. The fourth-order valence-electron chi connectivity index (χ4n) is 2.82. The van der Waals surface area contributed by atoms with Crippen LogP contribution in [0.1, 0.15) is 32.6 Å². The Kier molecular flexibility index (Phi) is 2.06.